The molecule has 1 atom stereocenters. The first-order chi connectivity index (χ1) is 14.4. The standard InChI is InChI=1S/C23H21N3O4/c1-14-11-17(16-7-3-4-8-18(16)24-14)23(29)30-13-22(28)26-15(2)12-21(27)25-19-9-5-6-10-20(19)26/h3-11,15H,12-13H2,1-2H3,(H,25,27). The van der Waals surface area contributed by atoms with E-state index in [9.17, 15) is 14.4 Å². The molecule has 1 N–H and O–H groups in total. The summed E-state index contributed by atoms with van der Waals surface area (Å²) in [7, 11) is 0. The Kier molecular flexibility index (Phi) is 5.18. The molecule has 1 aliphatic heterocycles. The summed E-state index contributed by atoms with van der Waals surface area (Å²) in [4.78, 5) is 43.8. The molecule has 0 fully saturated rings. The molecule has 30 heavy (non-hydrogen) atoms. The molecular weight excluding hydrogens is 382 g/mol. The van der Waals surface area contributed by atoms with E-state index in [4.69, 9.17) is 4.74 Å². The Balaban J connectivity index is 1.57. The summed E-state index contributed by atoms with van der Waals surface area (Å²) < 4.78 is 5.37. The third-order valence-corrected chi connectivity index (χ3v) is 5.02. The summed E-state index contributed by atoms with van der Waals surface area (Å²) in [6, 6.07) is 15.7. The SMILES string of the molecule is Cc1cc(C(=O)OCC(=O)N2c3ccccc3NC(=O)CC2C)c2ccccc2n1. The van der Waals surface area contributed by atoms with Crippen molar-refractivity contribution < 1.29 is 19.1 Å². The van der Waals surface area contributed by atoms with Crippen LogP contribution in [0.3, 0.4) is 0 Å². The molecule has 2 aromatic carbocycles. The van der Waals surface area contributed by atoms with Crippen LogP contribution in [0, 0.1) is 6.92 Å². The maximum atomic E-state index is 13.0. The molecule has 2 amide bonds. The maximum Gasteiger partial charge on any atom is 0.339 e. The Bertz CT molecular complexity index is 1160. The first-order valence-electron chi connectivity index (χ1n) is 9.68. The van der Waals surface area contributed by atoms with Crippen LogP contribution in [0.1, 0.15) is 29.4 Å². The number of carbonyl (C=O) groups excluding carboxylic acids is 3. The van der Waals surface area contributed by atoms with Crippen molar-refractivity contribution >= 4 is 40.1 Å². The highest BCUT2D eigenvalue weighted by Crippen LogP contribution is 2.31. The minimum Gasteiger partial charge on any atom is -0.452 e. The van der Waals surface area contributed by atoms with E-state index in [2.05, 4.69) is 10.3 Å². The van der Waals surface area contributed by atoms with Crippen LogP contribution in [-0.4, -0.2) is 35.4 Å². The molecule has 2 heterocycles. The average Bonchev–Trinajstić information content (AvgIpc) is 2.85. The van der Waals surface area contributed by atoms with Gasteiger partial charge < -0.3 is 15.0 Å². The van der Waals surface area contributed by atoms with Gasteiger partial charge in [0.15, 0.2) is 6.61 Å². The van der Waals surface area contributed by atoms with Crippen molar-refractivity contribution in [3.05, 3.63) is 65.9 Å². The highest BCUT2D eigenvalue weighted by Gasteiger charge is 2.30. The van der Waals surface area contributed by atoms with Crippen LogP contribution in [0.2, 0.25) is 0 Å². The fourth-order valence-corrected chi connectivity index (χ4v) is 3.72. The Morgan fingerprint density at radius 2 is 1.90 bits per heavy atom. The number of esters is 1. The van der Waals surface area contributed by atoms with Crippen LogP contribution in [0.4, 0.5) is 11.4 Å². The number of benzene rings is 2. The fourth-order valence-electron chi connectivity index (χ4n) is 3.72. The Labute approximate surface area is 173 Å². The number of anilines is 2. The van der Waals surface area contributed by atoms with Gasteiger partial charge in [0.25, 0.3) is 5.91 Å². The monoisotopic (exact) mass is 403 g/mol. The first-order valence-corrected chi connectivity index (χ1v) is 9.68. The number of rotatable bonds is 3. The maximum absolute atomic E-state index is 13.0. The molecule has 7 nitrogen and oxygen atoms in total. The van der Waals surface area contributed by atoms with Gasteiger partial charge in [-0.2, -0.15) is 0 Å². The molecule has 1 aromatic heterocycles. The van der Waals surface area contributed by atoms with E-state index < -0.39 is 18.5 Å². The summed E-state index contributed by atoms with van der Waals surface area (Å²) in [6.07, 6.45) is 0.155. The molecule has 7 heteroatoms. The first kappa shape index (κ1) is 19.6. The lowest BCUT2D eigenvalue weighted by atomic mass is 10.1. The van der Waals surface area contributed by atoms with Gasteiger partial charge in [0.1, 0.15) is 0 Å². The van der Waals surface area contributed by atoms with E-state index in [0.29, 0.717) is 33.5 Å². The Morgan fingerprint density at radius 1 is 1.17 bits per heavy atom. The lowest BCUT2D eigenvalue weighted by Gasteiger charge is -2.27. The minimum absolute atomic E-state index is 0.155. The zero-order valence-electron chi connectivity index (χ0n) is 16.7. The third kappa shape index (κ3) is 3.74. The number of hydrogen-bond acceptors (Lipinski definition) is 5. The molecule has 3 aromatic rings. The highest BCUT2D eigenvalue weighted by atomic mass is 16.5. The second-order valence-corrected chi connectivity index (χ2v) is 7.29. The quantitative estimate of drug-likeness (QED) is 0.677. The molecule has 0 saturated heterocycles. The molecule has 0 aliphatic carbocycles. The lowest BCUT2D eigenvalue weighted by Crippen LogP contribution is -2.41. The minimum atomic E-state index is -0.588. The number of pyridine rings is 1. The summed E-state index contributed by atoms with van der Waals surface area (Å²) in [5.74, 6) is -1.15. The second-order valence-electron chi connectivity index (χ2n) is 7.29. The number of nitrogens with zero attached hydrogens (tertiary/aromatic N) is 2. The van der Waals surface area contributed by atoms with Crippen molar-refractivity contribution in [1.82, 2.24) is 4.98 Å². The van der Waals surface area contributed by atoms with Gasteiger partial charge in [0, 0.05) is 23.5 Å². The summed E-state index contributed by atoms with van der Waals surface area (Å²) in [5, 5.41) is 3.48. The van der Waals surface area contributed by atoms with Crippen molar-refractivity contribution in [2.24, 2.45) is 0 Å². The molecular formula is C23H21N3O4. The van der Waals surface area contributed by atoms with Gasteiger partial charge in [-0.3, -0.25) is 14.6 Å². The summed E-state index contributed by atoms with van der Waals surface area (Å²) in [5.41, 5.74) is 2.89. The Hall–Kier alpha value is -3.74. The third-order valence-electron chi connectivity index (χ3n) is 5.02. The highest BCUT2D eigenvalue weighted by molar-refractivity contribution is 6.07. The van der Waals surface area contributed by atoms with Crippen LogP contribution < -0.4 is 10.2 Å². The summed E-state index contributed by atoms with van der Waals surface area (Å²) in [6.45, 7) is 3.16. The normalized spacial score (nSPS) is 15.9. The largest absolute Gasteiger partial charge is 0.452 e. The van der Waals surface area contributed by atoms with E-state index in [1.165, 1.54) is 4.90 Å². The second kappa shape index (κ2) is 7.94. The van der Waals surface area contributed by atoms with Gasteiger partial charge >= 0.3 is 5.97 Å². The number of nitrogens with one attached hydrogen (secondary N) is 1. The van der Waals surface area contributed by atoms with E-state index in [0.717, 1.165) is 0 Å². The van der Waals surface area contributed by atoms with Crippen molar-refractivity contribution in [3.63, 3.8) is 0 Å². The van der Waals surface area contributed by atoms with Crippen LogP contribution in [0.5, 0.6) is 0 Å². The predicted molar refractivity (Wildman–Crippen MR) is 113 cm³/mol. The molecule has 152 valence electrons. The van der Waals surface area contributed by atoms with E-state index in [1.54, 1.807) is 50.2 Å². The number of fused-ring (bicyclic) bond motifs is 2. The van der Waals surface area contributed by atoms with Gasteiger partial charge in [0.2, 0.25) is 5.91 Å². The number of hydrogen-bond donors (Lipinski definition) is 1. The van der Waals surface area contributed by atoms with Gasteiger partial charge in [-0.1, -0.05) is 30.3 Å². The van der Waals surface area contributed by atoms with E-state index >= 15 is 0 Å². The van der Waals surface area contributed by atoms with Crippen LogP contribution in [-0.2, 0) is 14.3 Å². The van der Waals surface area contributed by atoms with Crippen molar-refractivity contribution in [3.8, 4) is 0 Å². The summed E-state index contributed by atoms with van der Waals surface area (Å²) >= 11 is 0. The molecule has 0 bridgehead atoms. The molecule has 1 unspecified atom stereocenters. The Morgan fingerprint density at radius 3 is 2.73 bits per heavy atom. The molecule has 1 aliphatic rings. The number of ether oxygens (including phenoxy) is 1. The van der Waals surface area contributed by atoms with Crippen molar-refractivity contribution in [2.75, 3.05) is 16.8 Å². The lowest BCUT2D eigenvalue weighted by molar-refractivity contribution is -0.122. The smallest absolute Gasteiger partial charge is 0.339 e. The van der Waals surface area contributed by atoms with Gasteiger partial charge in [-0.05, 0) is 38.1 Å². The van der Waals surface area contributed by atoms with Crippen molar-refractivity contribution in [1.29, 1.82) is 0 Å². The van der Waals surface area contributed by atoms with Gasteiger partial charge in [0.05, 0.1) is 22.5 Å². The number of para-hydroxylation sites is 3. The fraction of sp³-hybridized carbons (Fsp3) is 0.217. The van der Waals surface area contributed by atoms with Crippen LogP contribution >= 0.6 is 0 Å². The average molecular weight is 403 g/mol. The van der Waals surface area contributed by atoms with Crippen LogP contribution in [0.15, 0.2) is 54.6 Å². The number of carbonyl (C=O) groups is 3. The number of amides is 2. The van der Waals surface area contributed by atoms with E-state index in [-0.39, 0.29) is 18.4 Å². The van der Waals surface area contributed by atoms with Gasteiger partial charge in [-0.15, -0.1) is 0 Å². The van der Waals surface area contributed by atoms with Gasteiger partial charge in [-0.25, -0.2) is 4.79 Å². The van der Waals surface area contributed by atoms with Crippen LogP contribution in [0.25, 0.3) is 10.9 Å². The molecule has 4 rings (SSSR count). The molecule has 0 radical (unpaired) electrons. The number of aromatic nitrogens is 1. The molecule has 0 saturated carbocycles. The number of aryl methyl sites for hydroxylation is 1. The zero-order valence-corrected chi connectivity index (χ0v) is 16.7. The topological polar surface area (TPSA) is 88.6 Å². The predicted octanol–water partition coefficient (Wildman–Crippen LogP) is 3.46. The zero-order chi connectivity index (χ0) is 21.3. The van der Waals surface area contributed by atoms with E-state index in [1.807, 2.05) is 18.2 Å². The van der Waals surface area contributed by atoms with Crippen molar-refractivity contribution in [2.45, 2.75) is 26.3 Å². The molecule has 0 spiro atoms.